The maximum absolute atomic E-state index is 10.6. The van der Waals surface area contributed by atoms with Crippen molar-refractivity contribution in [2.75, 3.05) is 0 Å². The first-order chi connectivity index (χ1) is 8.04. The van der Waals surface area contributed by atoms with Crippen molar-refractivity contribution in [3.05, 3.63) is 59.3 Å². The van der Waals surface area contributed by atoms with Crippen molar-refractivity contribution >= 4 is 27.5 Å². The van der Waals surface area contributed by atoms with Gasteiger partial charge >= 0.3 is 0 Å². The van der Waals surface area contributed by atoms with Crippen LogP contribution in [0.25, 0.3) is 6.08 Å². The van der Waals surface area contributed by atoms with E-state index in [1.165, 1.54) is 12.1 Å². The van der Waals surface area contributed by atoms with Crippen LogP contribution in [-0.2, 0) is 10.1 Å². The fourth-order valence-corrected chi connectivity index (χ4v) is 1.94. The van der Waals surface area contributed by atoms with E-state index in [2.05, 4.69) is 6.58 Å². The lowest BCUT2D eigenvalue weighted by Crippen LogP contribution is -1.96. The van der Waals surface area contributed by atoms with Crippen LogP contribution in [0.2, 0.25) is 0 Å². The van der Waals surface area contributed by atoms with E-state index < -0.39 is 10.1 Å². The average molecular weight is 268 g/mol. The Balaban J connectivity index is 0.000000239. The Hall–Kier alpha value is -1.43. The molecule has 0 aliphatic rings. The van der Waals surface area contributed by atoms with Crippen molar-refractivity contribution in [3.63, 3.8) is 0 Å². The summed E-state index contributed by atoms with van der Waals surface area (Å²) in [5, 5.41) is 4.08. The van der Waals surface area contributed by atoms with Gasteiger partial charge in [0.1, 0.15) is 0 Å². The van der Waals surface area contributed by atoms with Crippen molar-refractivity contribution < 1.29 is 13.0 Å². The molecule has 2 rings (SSSR count). The molecule has 0 bridgehead atoms. The number of thiophene rings is 1. The summed E-state index contributed by atoms with van der Waals surface area (Å²) in [6, 6.07) is 9.82. The quantitative estimate of drug-likeness (QED) is 0.850. The fourth-order valence-electron chi connectivity index (χ4n) is 1.00. The summed E-state index contributed by atoms with van der Waals surface area (Å²) in [5.41, 5.74) is 0.808. The van der Waals surface area contributed by atoms with E-state index in [0.717, 1.165) is 5.56 Å². The number of rotatable bonds is 2. The van der Waals surface area contributed by atoms with Gasteiger partial charge in [0, 0.05) is 0 Å². The van der Waals surface area contributed by atoms with Gasteiger partial charge in [0.05, 0.1) is 4.90 Å². The van der Waals surface area contributed by atoms with Gasteiger partial charge in [-0.05, 0) is 28.5 Å². The molecule has 0 saturated carbocycles. The van der Waals surface area contributed by atoms with Crippen LogP contribution in [-0.4, -0.2) is 13.0 Å². The molecule has 5 heteroatoms. The Morgan fingerprint density at radius 2 is 1.65 bits per heavy atom. The Bertz CT molecular complexity index is 523. The molecule has 0 fully saturated rings. The zero-order valence-electron chi connectivity index (χ0n) is 8.98. The second-order valence-corrected chi connectivity index (χ2v) is 5.28. The second-order valence-electron chi connectivity index (χ2n) is 3.04. The largest absolute Gasteiger partial charge is 0.294 e. The van der Waals surface area contributed by atoms with Gasteiger partial charge in [0.25, 0.3) is 10.1 Å². The molecule has 1 heterocycles. The Labute approximate surface area is 105 Å². The van der Waals surface area contributed by atoms with E-state index in [1.807, 2.05) is 22.9 Å². The van der Waals surface area contributed by atoms with Crippen molar-refractivity contribution in [1.29, 1.82) is 0 Å². The molecule has 0 unspecified atom stereocenters. The fraction of sp³-hybridized carbons (Fsp3) is 0. The van der Waals surface area contributed by atoms with E-state index in [-0.39, 0.29) is 4.90 Å². The van der Waals surface area contributed by atoms with E-state index in [0.29, 0.717) is 0 Å². The molecule has 0 saturated heterocycles. The summed E-state index contributed by atoms with van der Waals surface area (Å²) in [6.07, 6.45) is 1.59. The SMILES string of the molecule is C=Cc1ccc(S(=O)(=O)O)cc1.c1ccsc1. The monoisotopic (exact) mass is 268 g/mol. The van der Waals surface area contributed by atoms with Crippen LogP contribution in [0, 0.1) is 0 Å². The van der Waals surface area contributed by atoms with Gasteiger partial charge in [-0.1, -0.05) is 36.9 Å². The molecule has 0 aliphatic carbocycles. The van der Waals surface area contributed by atoms with E-state index in [4.69, 9.17) is 4.55 Å². The van der Waals surface area contributed by atoms with Gasteiger partial charge in [-0.2, -0.15) is 19.8 Å². The van der Waals surface area contributed by atoms with Crippen LogP contribution in [0.4, 0.5) is 0 Å². The maximum atomic E-state index is 10.6. The lowest BCUT2D eigenvalue weighted by molar-refractivity contribution is 0.483. The highest BCUT2D eigenvalue weighted by Gasteiger charge is 2.07. The molecular weight excluding hydrogens is 256 g/mol. The van der Waals surface area contributed by atoms with E-state index in [9.17, 15) is 8.42 Å². The van der Waals surface area contributed by atoms with Gasteiger partial charge < -0.3 is 0 Å². The minimum atomic E-state index is -4.06. The Morgan fingerprint density at radius 3 is 1.94 bits per heavy atom. The molecule has 0 spiro atoms. The number of hydrogen-bond donors (Lipinski definition) is 1. The molecule has 1 aromatic carbocycles. The van der Waals surface area contributed by atoms with Crippen molar-refractivity contribution in [2.24, 2.45) is 0 Å². The molecule has 0 atom stereocenters. The summed E-state index contributed by atoms with van der Waals surface area (Å²) >= 11 is 1.71. The van der Waals surface area contributed by atoms with Gasteiger partial charge in [-0.3, -0.25) is 4.55 Å². The Kier molecular flexibility index (Phi) is 5.09. The molecule has 2 aromatic rings. The minimum absolute atomic E-state index is 0.104. The van der Waals surface area contributed by atoms with Crippen LogP contribution in [0.3, 0.4) is 0 Å². The first kappa shape index (κ1) is 13.6. The first-order valence-corrected chi connectivity index (χ1v) is 7.09. The van der Waals surface area contributed by atoms with Crippen molar-refractivity contribution in [3.8, 4) is 0 Å². The average Bonchev–Trinajstić information content (AvgIpc) is 2.86. The molecule has 1 aromatic heterocycles. The normalized spacial score (nSPS) is 10.2. The lowest BCUT2D eigenvalue weighted by Gasteiger charge is -1.96. The lowest BCUT2D eigenvalue weighted by atomic mass is 10.2. The smallest absolute Gasteiger partial charge is 0.282 e. The summed E-state index contributed by atoms with van der Waals surface area (Å²) in [5.74, 6) is 0. The summed E-state index contributed by atoms with van der Waals surface area (Å²) in [6.45, 7) is 3.51. The summed E-state index contributed by atoms with van der Waals surface area (Å²) < 4.78 is 29.7. The summed E-state index contributed by atoms with van der Waals surface area (Å²) in [7, 11) is -4.06. The molecule has 0 amide bonds. The highest BCUT2D eigenvalue weighted by molar-refractivity contribution is 7.85. The second kappa shape index (κ2) is 6.34. The third kappa shape index (κ3) is 4.95. The van der Waals surface area contributed by atoms with Crippen LogP contribution >= 0.6 is 11.3 Å². The van der Waals surface area contributed by atoms with E-state index in [1.54, 1.807) is 29.5 Å². The third-order valence-electron chi connectivity index (χ3n) is 1.84. The molecule has 1 N–H and O–H groups in total. The molecule has 0 aliphatic heterocycles. The van der Waals surface area contributed by atoms with Gasteiger partial charge in [0.15, 0.2) is 0 Å². The molecule has 17 heavy (non-hydrogen) atoms. The first-order valence-electron chi connectivity index (χ1n) is 4.71. The van der Waals surface area contributed by atoms with Crippen LogP contribution in [0.5, 0.6) is 0 Å². The van der Waals surface area contributed by atoms with Crippen LogP contribution < -0.4 is 0 Å². The number of hydrogen-bond acceptors (Lipinski definition) is 3. The molecule has 90 valence electrons. The molecule has 0 radical (unpaired) electrons. The standard InChI is InChI=1S/C8H8O3S.C4H4S/c1-2-7-3-5-8(6-4-7)12(9,10)11;1-2-4-5-3-1/h2-6H,1H2,(H,9,10,11);1-4H. The summed E-state index contributed by atoms with van der Waals surface area (Å²) in [4.78, 5) is -0.104. The zero-order valence-corrected chi connectivity index (χ0v) is 10.6. The van der Waals surface area contributed by atoms with Gasteiger partial charge in [-0.25, -0.2) is 0 Å². The topological polar surface area (TPSA) is 54.4 Å². The van der Waals surface area contributed by atoms with Crippen LogP contribution in [0.1, 0.15) is 5.56 Å². The third-order valence-corrected chi connectivity index (χ3v) is 3.34. The molecular formula is C12H12O3S2. The zero-order chi connectivity index (χ0) is 12.7. The highest BCUT2D eigenvalue weighted by Crippen LogP contribution is 2.10. The maximum Gasteiger partial charge on any atom is 0.294 e. The van der Waals surface area contributed by atoms with E-state index >= 15 is 0 Å². The van der Waals surface area contributed by atoms with Gasteiger partial charge in [-0.15, -0.1) is 0 Å². The minimum Gasteiger partial charge on any atom is -0.282 e. The predicted molar refractivity (Wildman–Crippen MR) is 70.7 cm³/mol. The predicted octanol–water partition coefficient (Wildman–Crippen LogP) is 3.32. The highest BCUT2D eigenvalue weighted by atomic mass is 32.2. The van der Waals surface area contributed by atoms with Gasteiger partial charge in [0.2, 0.25) is 0 Å². The van der Waals surface area contributed by atoms with Crippen molar-refractivity contribution in [2.45, 2.75) is 4.90 Å². The Morgan fingerprint density at radius 1 is 1.12 bits per heavy atom. The van der Waals surface area contributed by atoms with Crippen molar-refractivity contribution in [1.82, 2.24) is 0 Å². The number of benzene rings is 1. The van der Waals surface area contributed by atoms with Crippen LogP contribution in [0.15, 0.2) is 58.6 Å². The molecule has 3 nitrogen and oxygen atoms in total.